The molecule has 22 aromatic rings. The molecule has 0 fully saturated rings. The number of furan rings is 4. The monoisotopic (exact) mass is 1450 g/mol. The first-order valence-corrected chi connectivity index (χ1v) is 37.1. The third kappa shape index (κ3) is 10.9. The summed E-state index contributed by atoms with van der Waals surface area (Å²) in [4.78, 5) is 0. The Morgan fingerprint density at radius 3 is 0.769 bits per heavy atom. The van der Waals surface area contributed by atoms with Gasteiger partial charge >= 0.3 is 7.12 Å². The average Bonchev–Trinajstić information content (AvgIpc) is 1.20. The molecule has 0 spiro atoms. The van der Waals surface area contributed by atoms with Crippen molar-refractivity contribution in [2.75, 3.05) is 0 Å². The van der Waals surface area contributed by atoms with Gasteiger partial charge in [0.25, 0.3) is 0 Å². The zero-order valence-electron chi connectivity index (χ0n) is 58.1. The van der Waals surface area contributed by atoms with E-state index >= 15 is 0 Å². The molecule has 0 amide bonds. The van der Waals surface area contributed by atoms with Crippen molar-refractivity contribution in [3.05, 3.63) is 368 Å². The second kappa shape index (κ2) is 26.7. The number of fused-ring (bicyclic) bond motifs is 16. The summed E-state index contributed by atoms with van der Waals surface area (Å²) in [5.74, 6) is 0. The lowest BCUT2D eigenvalue weighted by Gasteiger charge is -2.18. The molecule has 0 bridgehead atoms. The topological polar surface area (TPSA) is 93.0 Å². The van der Waals surface area contributed by atoms with E-state index < -0.39 is 7.12 Å². The van der Waals surface area contributed by atoms with Crippen LogP contribution in [0.25, 0.3) is 209 Å². The highest BCUT2D eigenvalue weighted by molar-refractivity contribution is 9.10. The van der Waals surface area contributed by atoms with E-state index in [4.69, 9.17) is 17.7 Å². The van der Waals surface area contributed by atoms with Gasteiger partial charge in [-0.25, -0.2) is 0 Å². The third-order valence-corrected chi connectivity index (χ3v) is 21.8. The molecule has 0 unspecified atom stereocenters. The summed E-state index contributed by atoms with van der Waals surface area (Å²) in [6.45, 7) is 0. The van der Waals surface area contributed by atoms with Crippen molar-refractivity contribution in [1.29, 1.82) is 0 Å². The molecule has 0 aliphatic heterocycles. The van der Waals surface area contributed by atoms with Crippen LogP contribution in [0.3, 0.4) is 0 Å². The maximum atomic E-state index is 10.2. The lowest BCUT2D eigenvalue weighted by Crippen LogP contribution is -2.31. The number of hydrogen-bond donors (Lipinski definition) is 2. The van der Waals surface area contributed by atoms with Crippen molar-refractivity contribution in [3.8, 4) is 77.9 Å². The third-order valence-electron chi connectivity index (χ3n) is 21.3. The summed E-state index contributed by atoms with van der Waals surface area (Å²) in [6, 6.07) is 127. The van der Waals surface area contributed by atoms with Crippen molar-refractivity contribution >= 4 is 159 Å². The van der Waals surface area contributed by atoms with Crippen LogP contribution in [-0.4, -0.2) is 17.2 Å². The van der Waals surface area contributed by atoms with Gasteiger partial charge in [0.2, 0.25) is 0 Å². The first-order chi connectivity index (χ1) is 53.3. The van der Waals surface area contributed by atoms with Gasteiger partial charge in [0.1, 0.15) is 44.7 Å². The van der Waals surface area contributed by atoms with Crippen LogP contribution in [0.5, 0.6) is 0 Å². The van der Waals surface area contributed by atoms with Gasteiger partial charge in [-0.2, -0.15) is 0 Å². The fraction of sp³-hybridized carbons (Fsp3) is 0. The number of benzene rings is 18. The minimum atomic E-state index is -1.56. The molecule has 0 atom stereocenters. The first-order valence-electron chi connectivity index (χ1n) is 36.3. The van der Waals surface area contributed by atoms with Gasteiger partial charge in [0.15, 0.2) is 0 Å². The van der Waals surface area contributed by atoms with Crippen LogP contribution in [-0.2, 0) is 0 Å². The van der Waals surface area contributed by atoms with Crippen LogP contribution < -0.4 is 5.46 Å². The standard InChI is InChI=1S/C50H30O2.C32H21BO3.C18H11BrO/c1-3-18-41-39(16-1)47(32-28-26-31(27-29-32)35-20-10-22-43-37-14-5-7-24-45(37)51-49(35)43)40-17-2-4-19-42(40)48(41)34-13-9-12-33(30-34)36-21-11-23-44-38-15-6-8-25-46(38)52-50(36)44;34-33(35)31-26-11-3-1-9-24(26)30(25-10-2-4-12-27(25)31)21-18-16-20(17-19-21)22-13-7-14-28-23-8-5-6-15-29(23)36-32(22)28;19-13-6-3-5-12(11-13)14-8-4-9-16-15-7-1-2-10-17(15)20-18(14)16/h1-30H;1-19,34-35H;1-11H. The van der Waals surface area contributed by atoms with E-state index in [9.17, 15) is 10.0 Å². The van der Waals surface area contributed by atoms with Crippen molar-refractivity contribution in [1.82, 2.24) is 0 Å². The lowest BCUT2D eigenvalue weighted by molar-refractivity contribution is 0.426. The van der Waals surface area contributed by atoms with Crippen LogP contribution in [0.4, 0.5) is 0 Å². The molecule has 0 radical (unpaired) electrons. The minimum Gasteiger partial charge on any atom is -0.455 e. The van der Waals surface area contributed by atoms with Gasteiger partial charge in [-0.3, -0.25) is 0 Å². The SMILES string of the molecule is Brc1cccc(-c2cccc3c2oc2ccccc23)c1.OB(O)c1c2ccccc2c(-c2ccc(-c3cccc4c3oc3ccccc34)cc2)c2ccccc12.c1cc(-c2c3ccccc3c(-c3ccc(-c4cccc5c4oc4ccccc45)cc3)c3ccccc23)cc(-c2cccc3c2oc2ccccc23)c1. The summed E-state index contributed by atoms with van der Waals surface area (Å²) < 4.78 is 26.2. The number of halogens is 1. The van der Waals surface area contributed by atoms with E-state index in [1.165, 1.54) is 49.2 Å². The van der Waals surface area contributed by atoms with Gasteiger partial charge in [-0.15, -0.1) is 0 Å². The van der Waals surface area contributed by atoms with E-state index in [2.05, 4.69) is 259 Å². The molecule has 0 saturated heterocycles. The Hall–Kier alpha value is -13.3. The van der Waals surface area contributed by atoms with E-state index in [0.29, 0.717) is 5.46 Å². The van der Waals surface area contributed by atoms with Crippen LogP contribution in [0.15, 0.2) is 386 Å². The molecule has 2 N–H and O–H groups in total. The number of para-hydroxylation sites is 8. The summed E-state index contributed by atoms with van der Waals surface area (Å²) >= 11 is 3.53. The van der Waals surface area contributed by atoms with Gasteiger partial charge in [-0.05, 0) is 147 Å². The molecule has 0 aliphatic carbocycles. The molecule has 8 heteroatoms. The van der Waals surface area contributed by atoms with Crippen LogP contribution in [0.2, 0.25) is 0 Å². The number of rotatable bonds is 8. The summed E-state index contributed by atoms with van der Waals surface area (Å²) in [5.41, 5.74) is 23.8. The van der Waals surface area contributed by atoms with Gasteiger partial charge in [0.05, 0.1) is 0 Å². The molecule has 4 heterocycles. The summed E-state index contributed by atoms with van der Waals surface area (Å²) in [7, 11) is -1.56. The maximum Gasteiger partial charge on any atom is 0.489 e. The number of hydrogen-bond acceptors (Lipinski definition) is 6. The van der Waals surface area contributed by atoms with E-state index in [-0.39, 0.29) is 0 Å². The van der Waals surface area contributed by atoms with E-state index in [1.807, 2.05) is 121 Å². The second-order valence-electron chi connectivity index (χ2n) is 27.5. The quantitative estimate of drug-likeness (QED) is 0.116. The van der Waals surface area contributed by atoms with E-state index in [0.717, 1.165) is 164 Å². The highest BCUT2D eigenvalue weighted by atomic mass is 79.9. The van der Waals surface area contributed by atoms with Crippen molar-refractivity contribution in [2.45, 2.75) is 0 Å². The summed E-state index contributed by atoms with van der Waals surface area (Å²) in [6.07, 6.45) is 0. The molecule has 508 valence electrons. The Labute approximate surface area is 629 Å². The Morgan fingerprint density at radius 2 is 0.435 bits per heavy atom. The second-order valence-corrected chi connectivity index (χ2v) is 28.4. The normalized spacial score (nSPS) is 11.7. The predicted molar refractivity (Wildman–Crippen MR) is 454 cm³/mol. The largest absolute Gasteiger partial charge is 0.489 e. The maximum absolute atomic E-state index is 10.2. The molecular formula is C100H62BBrO6. The highest BCUT2D eigenvalue weighted by Crippen LogP contribution is 2.48. The zero-order valence-corrected chi connectivity index (χ0v) is 59.7. The van der Waals surface area contributed by atoms with Crippen molar-refractivity contribution < 1.29 is 27.7 Å². The lowest BCUT2D eigenvalue weighted by atomic mass is 9.72. The molecule has 0 aliphatic rings. The summed E-state index contributed by atoms with van der Waals surface area (Å²) in [5, 5.41) is 38.2. The van der Waals surface area contributed by atoms with Crippen molar-refractivity contribution in [2.24, 2.45) is 0 Å². The Morgan fingerprint density at radius 1 is 0.194 bits per heavy atom. The first kappa shape index (κ1) is 64.3. The molecule has 0 saturated carbocycles. The van der Waals surface area contributed by atoms with Crippen LogP contribution >= 0.6 is 15.9 Å². The molecular weight excluding hydrogens is 1390 g/mol. The zero-order chi connectivity index (χ0) is 71.9. The molecule has 22 rings (SSSR count). The Kier molecular flexibility index (Phi) is 15.9. The van der Waals surface area contributed by atoms with Crippen LogP contribution in [0, 0.1) is 0 Å². The Balaban J connectivity index is 0.000000118. The van der Waals surface area contributed by atoms with Crippen LogP contribution in [0.1, 0.15) is 0 Å². The van der Waals surface area contributed by atoms with E-state index in [1.54, 1.807) is 0 Å². The average molecular weight is 1450 g/mol. The predicted octanol–water partition coefficient (Wildman–Crippen LogP) is 27.4. The molecule has 18 aromatic carbocycles. The molecule has 4 aromatic heterocycles. The van der Waals surface area contributed by atoms with Gasteiger partial charge < -0.3 is 27.7 Å². The van der Waals surface area contributed by atoms with Crippen molar-refractivity contribution in [3.63, 3.8) is 0 Å². The smallest absolute Gasteiger partial charge is 0.455 e. The minimum absolute atomic E-state index is 0.540. The van der Waals surface area contributed by atoms with Gasteiger partial charge in [0, 0.05) is 69.8 Å². The highest BCUT2D eigenvalue weighted by Gasteiger charge is 2.24. The molecule has 108 heavy (non-hydrogen) atoms. The molecule has 6 nitrogen and oxygen atoms in total. The fourth-order valence-electron chi connectivity index (χ4n) is 16.5. The fourth-order valence-corrected chi connectivity index (χ4v) is 16.9. The van der Waals surface area contributed by atoms with Gasteiger partial charge in [-0.1, -0.05) is 337 Å². The Bertz CT molecular complexity index is 7190.